The molecule has 2 heterocycles. The van der Waals surface area contributed by atoms with Gasteiger partial charge in [0.15, 0.2) is 5.16 Å². The van der Waals surface area contributed by atoms with Crippen LogP contribution in [-0.2, 0) is 14.3 Å². The lowest BCUT2D eigenvalue weighted by Crippen LogP contribution is -2.23. The molecule has 2 aromatic heterocycles. The number of amides is 1. The molecular formula is C27H25N3O6S2. The van der Waals surface area contributed by atoms with E-state index in [1.807, 2.05) is 18.2 Å². The number of anilines is 1. The van der Waals surface area contributed by atoms with E-state index in [0.29, 0.717) is 27.3 Å². The number of fused-ring (bicyclic) bond motifs is 1. The van der Waals surface area contributed by atoms with Crippen LogP contribution in [0.1, 0.15) is 39.4 Å². The molecule has 0 saturated heterocycles. The van der Waals surface area contributed by atoms with E-state index < -0.39 is 17.8 Å². The number of nitrogens with zero attached hydrogens (tertiary/aromatic N) is 2. The number of hydrogen-bond donors (Lipinski definition) is 1. The number of carbonyl (C=O) groups is 3. The van der Waals surface area contributed by atoms with Crippen LogP contribution in [0.3, 0.4) is 0 Å². The van der Waals surface area contributed by atoms with Crippen LogP contribution in [0.15, 0.2) is 64.5 Å². The van der Waals surface area contributed by atoms with Crippen LogP contribution in [-0.4, -0.2) is 46.4 Å². The molecule has 196 valence electrons. The molecule has 0 aliphatic carbocycles. The van der Waals surface area contributed by atoms with E-state index >= 15 is 0 Å². The van der Waals surface area contributed by atoms with Crippen molar-refractivity contribution in [3.05, 3.63) is 81.0 Å². The van der Waals surface area contributed by atoms with Crippen molar-refractivity contribution in [1.82, 2.24) is 9.55 Å². The van der Waals surface area contributed by atoms with E-state index in [2.05, 4.69) is 10.3 Å². The second kappa shape index (κ2) is 12.1. The first-order valence-electron chi connectivity index (χ1n) is 11.8. The number of ether oxygens (including phenoxy) is 2. The number of thioether (sulfide) groups is 1. The van der Waals surface area contributed by atoms with Crippen LogP contribution in [0.25, 0.3) is 16.6 Å². The monoisotopic (exact) mass is 551 g/mol. The molecule has 0 atom stereocenters. The van der Waals surface area contributed by atoms with Gasteiger partial charge in [-0.25, -0.2) is 14.6 Å². The summed E-state index contributed by atoms with van der Waals surface area (Å²) in [7, 11) is 0. The van der Waals surface area contributed by atoms with E-state index in [9.17, 15) is 19.2 Å². The van der Waals surface area contributed by atoms with Crippen LogP contribution >= 0.6 is 23.1 Å². The molecule has 4 rings (SSSR count). The molecule has 0 saturated carbocycles. The Morgan fingerprint density at radius 2 is 1.63 bits per heavy atom. The first-order valence-corrected chi connectivity index (χ1v) is 13.6. The molecule has 9 nitrogen and oxygen atoms in total. The largest absolute Gasteiger partial charge is 0.462 e. The minimum Gasteiger partial charge on any atom is -0.462 e. The molecule has 2 aromatic carbocycles. The van der Waals surface area contributed by atoms with E-state index in [4.69, 9.17) is 9.47 Å². The molecule has 4 aromatic rings. The summed E-state index contributed by atoms with van der Waals surface area (Å²) in [5.74, 6) is -1.78. The standard InChI is InChI=1S/C27H25N3O6S2/c1-4-35-25(33)21-16(3)22(26(34)36-5-2)38-23(21)29-20(31)15-37-27-28-19-14-10-9-13-18(19)24(32)30(27)17-11-7-6-8-12-17/h6-14H,4-5,15H2,1-3H3,(H,29,31). The third kappa shape index (κ3) is 5.63. The van der Waals surface area contributed by atoms with Gasteiger partial charge in [-0.1, -0.05) is 42.1 Å². The van der Waals surface area contributed by atoms with Gasteiger partial charge in [0.25, 0.3) is 5.56 Å². The minimum absolute atomic E-state index is 0.106. The predicted octanol–water partition coefficient (Wildman–Crippen LogP) is 4.84. The first kappa shape index (κ1) is 27.1. The molecule has 0 fully saturated rings. The fourth-order valence-corrected chi connectivity index (χ4v) is 5.67. The lowest BCUT2D eigenvalue weighted by molar-refractivity contribution is -0.113. The topological polar surface area (TPSA) is 117 Å². The van der Waals surface area contributed by atoms with Crippen molar-refractivity contribution in [2.24, 2.45) is 0 Å². The Bertz CT molecular complexity index is 1560. The van der Waals surface area contributed by atoms with Crippen molar-refractivity contribution in [3.8, 4) is 5.69 Å². The molecule has 0 aliphatic heterocycles. The Morgan fingerprint density at radius 1 is 0.974 bits per heavy atom. The van der Waals surface area contributed by atoms with E-state index in [0.717, 1.165) is 23.1 Å². The van der Waals surface area contributed by atoms with Gasteiger partial charge in [0.05, 0.1) is 41.1 Å². The molecule has 0 aliphatic rings. The van der Waals surface area contributed by atoms with Crippen molar-refractivity contribution in [3.63, 3.8) is 0 Å². The summed E-state index contributed by atoms with van der Waals surface area (Å²) in [6, 6.07) is 16.1. The van der Waals surface area contributed by atoms with Gasteiger partial charge < -0.3 is 14.8 Å². The molecule has 0 spiro atoms. The number of benzene rings is 2. The molecule has 38 heavy (non-hydrogen) atoms. The van der Waals surface area contributed by atoms with Crippen molar-refractivity contribution in [1.29, 1.82) is 0 Å². The third-order valence-electron chi connectivity index (χ3n) is 5.43. The Balaban J connectivity index is 1.64. The number of nitrogens with one attached hydrogen (secondary N) is 1. The van der Waals surface area contributed by atoms with Crippen LogP contribution in [0.2, 0.25) is 0 Å². The second-order valence-corrected chi connectivity index (χ2v) is 9.89. The maximum Gasteiger partial charge on any atom is 0.348 e. The fraction of sp³-hybridized carbons (Fsp3) is 0.222. The van der Waals surface area contributed by atoms with Crippen molar-refractivity contribution in [2.75, 3.05) is 24.3 Å². The van der Waals surface area contributed by atoms with Crippen molar-refractivity contribution >= 4 is 56.8 Å². The van der Waals surface area contributed by atoms with Gasteiger partial charge in [0.2, 0.25) is 5.91 Å². The third-order valence-corrected chi connectivity index (χ3v) is 7.56. The fourth-order valence-electron chi connectivity index (χ4n) is 3.75. The average molecular weight is 552 g/mol. The number of carbonyl (C=O) groups excluding carboxylic acids is 3. The Labute approximate surface area is 226 Å². The Morgan fingerprint density at radius 3 is 2.34 bits per heavy atom. The molecule has 11 heteroatoms. The molecule has 0 radical (unpaired) electrons. The van der Waals surface area contributed by atoms with Crippen molar-refractivity contribution < 1.29 is 23.9 Å². The number of hydrogen-bond acceptors (Lipinski definition) is 9. The van der Waals surface area contributed by atoms with E-state index in [1.165, 1.54) is 4.57 Å². The highest BCUT2D eigenvalue weighted by atomic mass is 32.2. The van der Waals surface area contributed by atoms with Crippen molar-refractivity contribution in [2.45, 2.75) is 25.9 Å². The smallest absolute Gasteiger partial charge is 0.348 e. The Kier molecular flexibility index (Phi) is 8.59. The zero-order valence-corrected chi connectivity index (χ0v) is 22.6. The van der Waals surface area contributed by atoms with Gasteiger partial charge in [0, 0.05) is 0 Å². The van der Waals surface area contributed by atoms with Crippen LogP contribution in [0, 0.1) is 6.92 Å². The van der Waals surface area contributed by atoms with Crippen LogP contribution < -0.4 is 10.9 Å². The molecule has 0 bridgehead atoms. The number of aromatic nitrogens is 2. The molecule has 1 N–H and O–H groups in total. The first-order chi connectivity index (χ1) is 18.3. The van der Waals surface area contributed by atoms with Gasteiger partial charge in [-0.15, -0.1) is 11.3 Å². The van der Waals surface area contributed by atoms with Gasteiger partial charge in [-0.3, -0.25) is 14.2 Å². The number of para-hydroxylation sites is 2. The summed E-state index contributed by atoms with van der Waals surface area (Å²) < 4.78 is 11.7. The normalized spacial score (nSPS) is 10.8. The van der Waals surface area contributed by atoms with E-state index in [-0.39, 0.29) is 40.0 Å². The number of rotatable bonds is 9. The van der Waals surface area contributed by atoms with Crippen LogP contribution in [0.4, 0.5) is 5.00 Å². The lowest BCUT2D eigenvalue weighted by atomic mass is 10.1. The zero-order valence-electron chi connectivity index (χ0n) is 21.0. The number of esters is 2. The summed E-state index contributed by atoms with van der Waals surface area (Å²) in [4.78, 5) is 56.2. The summed E-state index contributed by atoms with van der Waals surface area (Å²) in [6.45, 7) is 5.27. The molecule has 1 amide bonds. The van der Waals surface area contributed by atoms with Gasteiger partial charge in [-0.05, 0) is 50.6 Å². The number of thiophene rings is 1. The molecule has 0 unspecified atom stereocenters. The van der Waals surface area contributed by atoms with E-state index in [1.54, 1.807) is 57.2 Å². The zero-order chi connectivity index (χ0) is 27.2. The van der Waals surface area contributed by atoms with Gasteiger partial charge in [0.1, 0.15) is 9.88 Å². The maximum atomic E-state index is 13.3. The summed E-state index contributed by atoms with van der Waals surface area (Å²) >= 11 is 2.04. The highest BCUT2D eigenvalue weighted by Crippen LogP contribution is 2.34. The highest BCUT2D eigenvalue weighted by Gasteiger charge is 2.27. The highest BCUT2D eigenvalue weighted by molar-refractivity contribution is 7.99. The molecular weight excluding hydrogens is 526 g/mol. The average Bonchev–Trinajstić information content (AvgIpc) is 3.23. The second-order valence-electron chi connectivity index (χ2n) is 7.93. The van der Waals surface area contributed by atoms with Gasteiger partial charge in [-0.2, -0.15) is 0 Å². The maximum absolute atomic E-state index is 13.3. The Hall–Kier alpha value is -3.96. The summed E-state index contributed by atoms with van der Waals surface area (Å²) in [6.07, 6.45) is 0. The quantitative estimate of drug-likeness (QED) is 0.178. The van der Waals surface area contributed by atoms with Crippen LogP contribution in [0.5, 0.6) is 0 Å². The predicted molar refractivity (Wildman–Crippen MR) is 148 cm³/mol. The van der Waals surface area contributed by atoms with Gasteiger partial charge >= 0.3 is 11.9 Å². The SMILES string of the molecule is CCOC(=O)c1sc(NC(=O)CSc2nc3ccccc3c(=O)n2-c2ccccc2)c(C(=O)OCC)c1C. The summed E-state index contributed by atoms with van der Waals surface area (Å²) in [5.41, 5.74) is 1.39. The minimum atomic E-state index is -0.645. The lowest BCUT2D eigenvalue weighted by Gasteiger charge is -2.13. The summed E-state index contributed by atoms with van der Waals surface area (Å²) in [5, 5.41) is 3.73.